The number of rotatable bonds is 6. The molecule has 0 spiro atoms. The van der Waals surface area contributed by atoms with E-state index in [-0.39, 0.29) is 18.8 Å². The van der Waals surface area contributed by atoms with Crippen molar-refractivity contribution in [3.05, 3.63) is 100 Å². The smallest absolute Gasteiger partial charge is 0.321 e. The molecule has 0 saturated heterocycles. The molecule has 1 amide bonds. The van der Waals surface area contributed by atoms with Crippen LogP contribution < -0.4 is 4.90 Å². The fourth-order valence-electron chi connectivity index (χ4n) is 4.59. The number of nitro benzene ring substituents is 1. The molecule has 0 aliphatic carbocycles. The Labute approximate surface area is 200 Å². The van der Waals surface area contributed by atoms with Gasteiger partial charge in [-0.25, -0.2) is 4.98 Å². The highest BCUT2D eigenvalue weighted by Crippen LogP contribution is 2.42. The van der Waals surface area contributed by atoms with E-state index in [9.17, 15) is 19.7 Å². The number of fused-ring (bicyclic) bond motifs is 3. The van der Waals surface area contributed by atoms with E-state index < -0.39 is 28.8 Å². The van der Waals surface area contributed by atoms with Crippen LogP contribution in [0.2, 0.25) is 0 Å². The Hall–Kier alpha value is -4.53. The molecule has 1 aromatic heterocycles. The molecule has 2 heterocycles. The number of carbonyl (C=O) groups is 2. The number of benzene rings is 3. The number of nitrogens with zero attached hydrogens (tertiary/aromatic N) is 4. The summed E-state index contributed by atoms with van der Waals surface area (Å²) in [4.78, 5) is 44.4. The van der Waals surface area contributed by atoms with Crippen molar-refractivity contribution in [2.24, 2.45) is 5.92 Å². The van der Waals surface area contributed by atoms with E-state index in [1.807, 2.05) is 59.2 Å². The number of imidazole rings is 1. The summed E-state index contributed by atoms with van der Waals surface area (Å²) in [7, 11) is 0. The Morgan fingerprint density at radius 2 is 1.80 bits per heavy atom. The van der Waals surface area contributed by atoms with Crippen LogP contribution in [-0.2, 0) is 20.9 Å². The molecule has 0 radical (unpaired) electrons. The quantitative estimate of drug-likeness (QED) is 0.180. The summed E-state index contributed by atoms with van der Waals surface area (Å²) in [6, 6.07) is 21.9. The predicted octanol–water partition coefficient (Wildman–Crippen LogP) is 4.26. The molecule has 0 unspecified atom stereocenters. The monoisotopic (exact) mass is 470 g/mol. The molecular formula is C26H22N4O5. The summed E-state index contributed by atoms with van der Waals surface area (Å²) in [6.07, 6.45) is 0. The van der Waals surface area contributed by atoms with Gasteiger partial charge >= 0.3 is 5.97 Å². The molecular weight excluding hydrogens is 448 g/mol. The van der Waals surface area contributed by atoms with Gasteiger partial charge in [-0.15, -0.1) is 0 Å². The van der Waals surface area contributed by atoms with Gasteiger partial charge in [0.25, 0.3) is 5.69 Å². The van der Waals surface area contributed by atoms with Gasteiger partial charge in [-0.3, -0.25) is 24.6 Å². The first-order chi connectivity index (χ1) is 17.0. The maximum atomic E-state index is 13.9. The zero-order valence-electron chi connectivity index (χ0n) is 18.9. The van der Waals surface area contributed by atoms with E-state index in [0.29, 0.717) is 22.5 Å². The molecule has 9 nitrogen and oxygen atoms in total. The van der Waals surface area contributed by atoms with Crippen molar-refractivity contribution < 1.29 is 19.2 Å². The Kier molecular flexibility index (Phi) is 5.74. The van der Waals surface area contributed by atoms with Crippen LogP contribution in [0.15, 0.2) is 78.9 Å². The summed E-state index contributed by atoms with van der Waals surface area (Å²) in [5, 5.41) is 11.5. The molecule has 0 fully saturated rings. The van der Waals surface area contributed by atoms with Crippen molar-refractivity contribution in [2.45, 2.75) is 19.5 Å². The molecule has 1 aliphatic heterocycles. The number of anilines is 1. The van der Waals surface area contributed by atoms with Gasteiger partial charge in [0.15, 0.2) is 5.92 Å². The van der Waals surface area contributed by atoms with Gasteiger partial charge in [0.1, 0.15) is 0 Å². The number of nitro groups is 1. The average molecular weight is 470 g/mol. The number of aromatic nitrogens is 2. The second-order valence-corrected chi connectivity index (χ2v) is 8.21. The molecule has 0 saturated carbocycles. The molecule has 1 aliphatic rings. The van der Waals surface area contributed by atoms with Gasteiger partial charge in [0.05, 0.1) is 35.2 Å². The van der Waals surface area contributed by atoms with Crippen LogP contribution in [-0.4, -0.2) is 33.0 Å². The number of ether oxygens (including phenoxy) is 1. The largest absolute Gasteiger partial charge is 0.465 e. The molecule has 5 rings (SSSR count). The second kappa shape index (κ2) is 9.02. The lowest BCUT2D eigenvalue weighted by molar-refractivity contribution is -0.384. The lowest BCUT2D eigenvalue weighted by Crippen LogP contribution is -2.49. The molecule has 9 heteroatoms. The van der Waals surface area contributed by atoms with Crippen molar-refractivity contribution in [3.63, 3.8) is 0 Å². The van der Waals surface area contributed by atoms with Gasteiger partial charge in [0.2, 0.25) is 11.9 Å². The van der Waals surface area contributed by atoms with Crippen LogP contribution >= 0.6 is 0 Å². The summed E-state index contributed by atoms with van der Waals surface area (Å²) in [5.41, 5.74) is 2.55. The Morgan fingerprint density at radius 3 is 2.54 bits per heavy atom. The first kappa shape index (κ1) is 22.3. The van der Waals surface area contributed by atoms with Crippen molar-refractivity contribution in [1.29, 1.82) is 0 Å². The molecule has 0 N–H and O–H groups in total. The second-order valence-electron chi connectivity index (χ2n) is 8.21. The zero-order chi connectivity index (χ0) is 24.5. The number of esters is 1. The van der Waals surface area contributed by atoms with Crippen LogP contribution in [0.1, 0.15) is 24.1 Å². The summed E-state index contributed by atoms with van der Waals surface area (Å²) < 4.78 is 7.15. The number of hydrogen-bond acceptors (Lipinski definition) is 6. The lowest BCUT2D eigenvalue weighted by atomic mass is 9.89. The number of carbonyl (C=O) groups excluding carboxylic acids is 2. The van der Waals surface area contributed by atoms with E-state index in [2.05, 4.69) is 0 Å². The highest BCUT2D eigenvalue weighted by Gasteiger charge is 2.48. The summed E-state index contributed by atoms with van der Waals surface area (Å²) in [5.74, 6) is -2.02. The van der Waals surface area contributed by atoms with E-state index in [1.165, 1.54) is 17.0 Å². The number of non-ortho nitro benzene ring substituents is 1. The molecule has 4 aromatic rings. The van der Waals surface area contributed by atoms with Crippen molar-refractivity contribution in [3.8, 4) is 0 Å². The van der Waals surface area contributed by atoms with Crippen LogP contribution in [0.5, 0.6) is 0 Å². The summed E-state index contributed by atoms with van der Waals surface area (Å²) >= 11 is 0. The number of hydrogen-bond donors (Lipinski definition) is 0. The third-order valence-corrected chi connectivity index (χ3v) is 6.09. The molecule has 176 valence electrons. The van der Waals surface area contributed by atoms with E-state index in [0.717, 1.165) is 5.56 Å². The summed E-state index contributed by atoms with van der Waals surface area (Å²) in [6.45, 7) is 1.98. The van der Waals surface area contributed by atoms with Gasteiger partial charge in [-0.2, -0.15) is 0 Å². The van der Waals surface area contributed by atoms with E-state index in [4.69, 9.17) is 9.72 Å². The molecule has 2 atom stereocenters. The maximum Gasteiger partial charge on any atom is 0.321 e. The van der Waals surface area contributed by atoms with Gasteiger partial charge < -0.3 is 9.30 Å². The lowest BCUT2D eigenvalue weighted by Gasteiger charge is -2.37. The Morgan fingerprint density at radius 1 is 1.06 bits per heavy atom. The third kappa shape index (κ3) is 3.90. The minimum absolute atomic E-state index is 0.0977. The van der Waals surface area contributed by atoms with Gasteiger partial charge in [-0.05, 0) is 30.2 Å². The van der Waals surface area contributed by atoms with Crippen molar-refractivity contribution in [2.75, 3.05) is 11.5 Å². The average Bonchev–Trinajstić information content (AvgIpc) is 3.25. The number of para-hydroxylation sites is 2. The maximum absolute atomic E-state index is 13.9. The molecule has 0 bridgehead atoms. The molecule has 35 heavy (non-hydrogen) atoms. The normalized spacial score (nSPS) is 17.3. The van der Waals surface area contributed by atoms with Crippen molar-refractivity contribution in [1.82, 2.24) is 9.55 Å². The minimum atomic E-state index is -1.24. The highest BCUT2D eigenvalue weighted by molar-refractivity contribution is 6.08. The van der Waals surface area contributed by atoms with Crippen molar-refractivity contribution >= 4 is 34.5 Å². The Bertz CT molecular complexity index is 1430. The third-order valence-electron chi connectivity index (χ3n) is 6.09. The van der Waals surface area contributed by atoms with Crippen LogP contribution in [0.4, 0.5) is 11.6 Å². The van der Waals surface area contributed by atoms with E-state index in [1.54, 1.807) is 19.1 Å². The Balaban J connectivity index is 1.76. The van der Waals surface area contributed by atoms with Gasteiger partial charge in [-0.1, -0.05) is 54.6 Å². The molecule has 3 aromatic carbocycles. The standard InChI is InChI=1S/C26H22N4O5/c1-2-35-25(32)22-23(18-11-8-12-19(15-18)30(33)34)29-21-14-7-6-13-20(21)27-26(29)28(24(22)31)16-17-9-4-3-5-10-17/h3-15,22-23H,2,16H2,1H3/t22-,23-/m0/s1. The highest BCUT2D eigenvalue weighted by atomic mass is 16.6. The SMILES string of the molecule is CCOC(=O)[C@@H]1C(=O)N(Cc2ccccc2)c2nc3ccccc3n2[C@H]1c1cccc([N+](=O)[O-])c1. The first-order valence-electron chi connectivity index (χ1n) is 11.2. The van der Waals surface area contributed by atoms with Gasteiger partial charge in [0, 0.05) is 12.1 Å². The fraction of sp³-hybridized carbons (Fsp3) is 0.192. The first-order valence-corrected chi connectivity index (χ1v) is 11.2. The van der Waals surface area contributed by atoms with Crippen LogP contribution in [0.3, 0.4) is 0 Å². The topological polar surface area (TPSA) is 108 Å². The fourth-order valence-corrected chi connectivity index (χ4v) is 4.59. The number of amides is 1. The van der Waals surface area contributed by atoms with E-state index >= 15 is 0 Å². The van der Waals surface area contributed by atoms with Crippen LogP contribution in [0.25, 0.3) is 11.0 Å². The predicted molar refractivity (Wildman–Crippen MR) is 129 cm³/mol. The zero-order valence-corrected chi connectivity index (χ0v) is 18.9. The minimum Gasteiger partial charge on any atom is -0.465 e. The van der Waals surface area contributed by atoms with Crippen LogP contribution in [0, 0.1) is 16.0 Å².